The molecule has 0 aromatic carbocycles. The molecule has 2 heterocycles. The summed E-state index contributed by atoms with van der Waals surface area (Å²) < 4.78 is 22.0. The second-order valence-electron chi connectivity index (χ2n) is 9.56. The van der Waals surface area contributed by atoms with E-state index in [9.17, 15) is 35.7 Å². The molecule has 0 aliphatic carbocycles. The largest absolute Gasteiger partial charge is 0.394 e. The highest BCUT2D eigenvalue weighted by atomic mass is 16.7. The molecule has 2 unspecified atom stereocenters. The summed E-state index contributed by atoms with van der Waals surface area (Å²) in [5.74, 6) is 0. The van der Waals surface area contributed by atoms with Crippen molar-refractivity contribution in [2.75, 3.05) is 19.8 Å². The molecule has 11 nitrogen and oxygen atoms in total. The van der Waals surface area contributed by atoms with Crippen LogP contribution >= 0.6 is 0 Å². The van der Waals surface area contributed by atoms with E-state index in [1.54, 1.807) is 0 Å². The van der Waals surface area contributed by atoms with Crippen LogP contribution in [0.4, 0.5) is 0 Å². The van der Waals surface area contributed by atoms with Gasteiger partial charge >= 0.3 is 0 Å². The van der Waals surface area contributed by atoms with Crippen LogP contribution < -0.4 is 0 Å². The SMILES string of the molecule is CCCCCCCCCCCCOC1O[C@H](CO)[C@@H](OC2O[C@H](CO)[C@@H](O)[C@H](O)[C@H]2O)[C@H](O)[C@H]1O. The van der Waals surface area contributed by atoms with Crippen LogP contribution in [0.5, 0.6) is 0 Å². The minimum Gasteiger partial charge on any atom is -0.394 e. The summed E-state index contributed by atoms with van der Waals surface area (Å²) in [6.07, 6.45) is -2.63. The fraction of sp³-hybridized carbons (Fsp3) is 1.00. The van der Waals surface area contributed by atoms with Gasteiger partial charge in [0, 0.05) is 6.61 Å². The van der Waals surface area contributed by atoms with Crippen LogP contribution in [-0.4, -0.2) is 117 Å². The topological polar surface area (TPSA) is 179 Å². The Labute approximate surface area is 207 Å². The smallest absolute Gasteiger partial charge is 0.187 e. The maximum atomic E-state index is 10.6. The lowest BCUT2D eigenvalue weighted by molar-refractivity contribution is -0.359. The number of ether oxygens (including phenoxy) is 4. The van der Waals surface area contributed by atoms with Gasteiger partial charge in [-0.15, -0.1) is 0 Å². The van der Waals surface area contributed by atoms with Crippen LogP contribution in [0, 0.1) is 0 Å². The minimum absolute atomic E-state index is 0.321. The summed E-state index contributed by atoms with van der Waals surface area (Å²) in [4.78, 5) is 0. The molecule has 0 aromatic heterocycles. The fourth-order valence-electron chi connectivity index (χ4n) is 4.48. The molecule has 2 rings (SSSR count). The van der Waals surface area contributed by atoms with E-state index >= 15 is 0 Å². The van der Waals surface area contributed by atoms with E-state index in [2.05, 4.69) is 6.92 Å². The van der Waals surface area contributed by atoms with E-state index in [-0.39, 0.29) is 0 Å². The summed E-state index contributed by atoms with van der Waals surface area (Å²) in [5.41, 5.74) is 0. The van der Waals surface area contributed by atoms with Crippen molar-refractivity contribution in [3.8, 4) is 0 Å². The Morgan fingerprint density at radius 2 is 1.09 bits per heavy atom. The average Bonchev–Trinajstić information content (AvgIpc) is 2.86. The quantitative estimate of drug-likeness (QED) is 0.134. The van der Waals surface area contributed by atoms with Crippen LogP contribution in [0.25, 0.3) is 0 Å². The van der Waals surface area contributed by atoms with E-state index in [1.807, 2.05) is 0 Å². The number of aliphatic hydroxyl groups is 7. The maximum Gasteiger partial charge on any atom is 0.187 e. The highest BCUT2D eigenvalue weighted by Crippen LogP contribution is 2.29. The molecule has 2 aliphatic heterocycles. The van der Waals surface area contributed by atoms with Gasteiger partial charge in [-0.05, 0) is 6.42 Å². The van der Waals surface area contributed by atoms with Crippen LogP contribution in [0.3, 0.4) is 0 Å². The number of hydrogen-bond donors (Lipinski definition) is 7. The predicted octanol–water partition coefficient (Wildman–Crippen LogP) is -0.452. The Balaban J connectivity index is 1.74. The van der Waals surface area contributed by atoms with E-state index in [1.165, 1.54) is 44.9 Å². The van der Waals surface area contributed by atoms with Gasteiger partial charge in [-0.2, -0.15) is 0 Å². The van der Waals surface area contributed by atoms with E-state index in [0.717, 1.165) is 19.3 Å². The Morgan fingerprint density at radius 1 is 0.571 bits per heavy atom. The molecule has 0 radical (unpaired) electrons. The molecule has 35 heavy (non-hydrogen) atoms. The summed E-state index contributed by atoms with van der Waals surface area (Å²) in [5, 5.41) is 70.1. The average molecular weight is 511 g/mol. The van der Waals surface area contributed by atoms with Crippen LogP contribution in [0.1, 0.15) is 71.1 Å². The maximum absolute atomic E-state index is 10.6. The van der Waals surface area contributed by atoms with Gasteiger partial charge in [0.2, 0.25) is 0 Å². The molecule has 0 amide bonds. The molecule has 0 aromatic rings. The first-order valence-electron chi connectivity index (χ1n) is 13.1. The van der Waals surface area contributed by atoms with Crippen molar-refractivity contribution >= 4 is 0 Å². The van der Waals surface area contributed by atoms with Gasteiger partial charge in [-0.1, -0.05) is 64.7 Å². The summed E-state index contributed by atoms with van der Waals surface area (Å²) in [6, 6.07) is 0. The Kier molecular flexibility index (Phi) is 14.4. The Hall–Kier alpha value is -0.440. The number of rotatable bonds is 16. The number of unbranched alkanes of at least 4 members (excludes halogenated alkanes) is 9. The Bertz CT molecular complexity index is 550. The normalized spacial score (nSPS) is 38.1. The Morgan fingerprint density at radius 3 is 1.66 bits per heavy atom. The summed E-state index contributed by atoms with van der Waals surface area (Å²) >= 11 is 0. The lowest BCUT2D eigenvalue weighted by atomic mass is 9.97. The molecule has 11 heteroatoms. The third-order valence-electron chi connectivity index (χ3n) is 6.74. The third-order valence-corrected chi connectivity index (χ3v) is 6.74. The van der Waals surface area contributed by atoms with Gasteiger partial charge in [0.1, 0.15) is 48.8 Å². The molecular weight excluding hydrogens is 464 g/mol. The zero-order chi connectivity index (χ0) is 25.8. The van der Waals surface area contributed by atoms with Gasteiger partial charge in [-0.25, -0.2) is 0 Å². The highest BCUT2D eigenvalue weighted by molar-refractivity contribution is 4.94. The molecule has 2 aliphatic rings. The molecular formula is C24H46O11. The highest BCUT2D eigenvalue weighted by Gasteiger charge is 2.50. The van der Waals surface area contributed by atoms with Crippen molar-refractivity contribution in [1.29, 1.82) is 0 Å². The molecule has 0 spiro atoms. The number of aliphatic hydroxyl groups excluding tert-OH is 7. The van der Waals surface area contributed by atoms with Gasteiger partial charge in [0.05, 0.1) is 13.2 Å². The van der Waals surface area contributed by atoms with Crippen molar-refractivity contribution < 1.29 is 54.7 Å². The van der Waals surface area contributed by atoms with Crippen molar-refractivity contribution in [2.24, 2.45) is 0 Å². The van der Waals surface area contributed by atoms with Crippen LogP contribution in [-0.2, 0) is 18.9 Å². The minimum atomic E-state index is -1.69. The molecule has 2 fully saturated rings. The molecule has 208 valence electrons. The van der Waals surface area contributed by atoms with Crippen LogP contribution in [0.2, 0.25) is 0 Å². The predicted molar refractivity (Wildman–Crippen MR) is 124 cm³/mol. The fourth-order valence-corrected chi connectivity index (χ4v) is 4.48. The molecule has 0 bridgehead atoms. The zero-order valence-electron chi connectivity index (χ0n) is 20.7. The van der Waals surface area contributed by atoms with Gasteiger partial charge in [0.15, 0.2) is 12.6 Å². The number of hydrogen-bond acceptors (Lipinski definition) is 11. The van der Waals surface area contributed by atoms with E-state index in [4.69, 9.17) is 18.9 Å². The van der Waals surface area contributed by atoms with Crippen LogP contribution in [0.15, 0.2) is 0 Å². The monoisotopic (exact) mass is 510 g/mol. The zero-order valence-corrected chi connectivity index (χ0v) is 20.7. The third kappa shape index (κ3) is 9.11. The molecule has 0 saturated carbocycles. The molecule has 7 N–H and O–H groups in total. The van der Waals surface area contributed by atoms with Crippen molar-refractivity contribution in [2.45, 2.75) is 133 Å². The van der Waals surface area contributed by atoms with Crippen molar-refractivity contribution in [1.82, 2.24) is 0 Å². The van der Waals surface area contributed by atoms with Gasteiger partial charge in [-0.3, -0.25) is 0 Å². The van der Waals surface area contributed by atoms with Crippen molar-refractivity contribution in [3.05, 3.63) is 0 Å². The van der Waals surface area contributed by atoms with Gasteiger partial charge in [0.25, 0.3) is 0 Å². The first-order valence-corrected chi connectivity index (χ1v) is 13.1. The second-order valence-corrected chi connectivity index (χ2v) is 9.56. The first kappa shape index (κ1) is 30.8. The molecule has 2 saturated heterocycles. The first-order chi connectivity index (χ1) is 16.8. The summed E-state index contributed by atoms with van der Waals surface area (Å²) in [7, 11) is 0. The van der Waals surface area contributed by atoms with Crippen molar-refractivity contribution in [3.63, 3.8) is 0 Å². The lowest BCUT2D eigenvalue weighted by Crippen LogP contribution is -2.64. The lowest BCUT2D eigenvalue weighted by Gasteiger charge is -2.45. The summed E-state index contributed by atoms with van der Waals surface area (Å²) in [6.45, 7) is 1.31. The van der Waals surface area contributed by atoms with E-state index in [0.29, 0.717) is 6.61 Å². The standard InChI is InChI=1S/C24H46O11/c1-2-3-4-5-6-7-8-9-10-11-12-32-23-21(31)19(29)22(16(14-26)34-23)35-24-20(30)18(28)17(27)15(13-25)33-24/h15-31H,2-14H2,1H3/t15-,16-,17-,18+,19-,20-,21-,22-,23?,24?/m1/s1. The van der Waals surface area contributed by atoms with E-state index < -0.39 is 74.6 Å². The molecule has 10 atom stereocenters. The second kappa shape index (κ2) is 16.4. The van der Waals surface area contributed by atoms with Gasteiger partial charge < -0.3 is 54.7 Å².